The minimum atomic E-state index is -3.73. The molecule has 0 radical (unpaired) electrons. The van der Waals surface area contributed by atoms with Gasteiger partial charge in [-0.15, -0.1) is 11.3 Å². The summed E-state index contributed by atoms with van der Waals surface area (Å²) in [5.74, 6) is 0. The largest absolute Gasteiger partial charge is 0.280 e. The number of nitrogens with zero attached hydrogens (tertiary/aromatic N) is 1. The van der Waals surface area contributed by atoms with E-state index < -0.39 is 19.9 Å². The zero-order valence-electron chi connectivity index (χ0n) is 13.8. The number of sulfonamides is 1. The summed E-state index contributed by atoms with van der Waals surface area (Å²) in [7, 11) is -7.12. The molecule has 1 heterocycles. The molecule has 6 nitrogen and oxygen atoms in total. The van der Waals surface area contributed by atoms with E-state index in [4.69, 9.17) is 0 Å². The molecule has 0 atom stereocenters. The van der Waals surface area contributed by atoms with Gasteiger partial charge in [-0.2, -0.15) is 0 Å². The van der Waals surface area contributed by atoms with E-state index in [-0.39, 0.29) is 9.24 Å². The van der Waals surface area contributed by atoms with Crippen molar-refractivity contribution in [3.8, 4) is 0 Å². The number of fused-ring (bicyclic) bond motifs is 1. The molecule has 0 saturated carbocycles. The van der Waals surface area contributed by atoms with Gasteiger partial charge >= 0.3 is 0 Å². The first kappa shape index (κ1) is 17.8. The lowest BCUT2D eigenvalue weighted by molar-refractivity contribution is 0.599. The van der Waals surface area contributed by atoms with Crippen LogP contribution >= 0.6 is 11.3 Å². The molecule has 2 aromatic carbocycles. The Balaban J connectivity index is 1.97. The van der Waals surface area contributed by atoms with Crippen LogP contribution in [0.1, 0.15) is 11.1 Å². The van der Waals surface area contributed by atoms with E-state index in [0.717, 1.165) is 28.7 Å². The summed E-state index contributed by atoms with van der Waals surface area (Å²) in [5.41, 5.74) is 2.77. The van der Waals surface area contributed by atoms with Crippen molar-refractivity contribution in [2.75, 3.05) is 11.0 Å². The predicted molar refractivity (Wildman–Crippen MR) is 99.5 cm³/mol. The number of benzene rings is 2. The fourth-order valence-corrected chi connectivity index (χ4v) is 5.23. The summed E-state index contributed by atoms with van der Waals surface area (Å²) in [6, 6.07) is 9.67. The molecule has 0 unspecified atom stereocenters. The minimum absolute atomic E-state index is 0.0108. The average molecular weight is 397 g/mol. The van der Waals surface area contributed by atoms with Gasteiger partial charge in [-0.05, 0) is 55.3 Å². The van der Waals surface area contributed by atoms with Gasteiger partial charge in [0.25, 0.3) is 10.0 Å². The van der Waals surface area contributed by atoms with Crippen LogP contribution in [0.15, 0.2) is 45.6 Å². The quantitative estimate of drug-likeness (QED) is 0.731. The Kier molecular flexibility index (Phi) is 4.34. The van der Waals surface area contributed by atoms with E-state index >= 15 is 0 Å². The molecule has 0 aliphatic heterocycles. The summed E-state index contributed by atoms with van der Waals surface area (Å²) in [5, 5.41) is 0. The van der Waals surface area contributed by atoms with Gasteiger partial charge in [-0.1, -0.05) is 6.07 Å². The number of hydrogen-bond donors (Lipinski definition) is 1. The van der Waals surface area contributed by atoms with Crippen LogP contribution in [-0.4, -0.2) is 28.1 Å². The van der Waals surface area contributed by atoms with Crippen LogP contribution in [0.25, 0.3) is 10.2 Å². The third-order valence-corrected chi connectivity index (χ3v) is 7.80. The van der Waals surface area contributed by atoms with E-state index in [1.165, 1.54) is 0 Å². The van der Waals surface area contributed by atoms with Crippen LogP contribution in [0.3, 0.4) is 0 Å². The zero-order chi connectivity index (χ0) is 18.4. The molecule has 25 heavy (non-hydrogen) atoms. The fraction of sp³-hybridized carbons (Fsp3) is 0.188. The van der Waals surface area contributed by atoms with E-state index in [9.17, 15) is 16.8 Å². The molecule has 0 amide bonds. The van der Waals surface area contributed by atoms with Crippen molar-refractivity contribution in [3.05, 3.63) is 47.5 Å². The second-order valence-electron chi connectivity index (χ2n) is 5.79. The first-order valence-corrected chi connectivity index (χ1v) is 11.5. The highest BCUT2D eigenvalue weighted by atomic mass is 32.2. The van der Waals surface area contributed by atoms with Crippen molar-refractivity contribution in [2.24, 2.45) is 0 Å². The molecular formula is C16H16N2O4S3. The number of aryl methyl sites for hydroxylation is 2. The Morgan fingerprint density at radius 2 is 1.68 bits per heavy atom. The highest BCUT2D eigenvalue weighted by molar-refractivity contribution is 7.93. The molecule has 9 heteroatoms. The lowest BCUT2D eigenvalue weighted by Gasteiger charge is -2.09. The average Bonchev–Trinajstić information content (AvgIpc) is 2.93. The van der Waals surface area contributed by atoms with Gasteiger partial charge in [-0.25, -0.2) is 21.8 Å². The molecule has 0 saturated heterocycles. The molecule has 0 spiro atoms. The lowest BCUT2D eigenvalue weighted by atomic mass is 10.1. The van der Waals surface area contributed by atoms with Crippen molar-refractivity contribution >= 4 is 47.1 Å². The SMILES string of the molecule is Cc1ccc(S(=O)(=O)Nc2ccc3nc(S(C)(=O)=O)sc3c2)cc1C. The van der Waals surface area contributed by atoms with Gasteiger partial charge in [-0.3, -0.25) is 4.72 Å². The maximum absolute atomic E-state index is 12.5. The van der Waals surface area contributed by atoms with Crippen molar-refractivity contribution in [1.29, 1.82) is 0 Å². The van der Waals surface area contributed by atoms with E-state index in [1.54, 1.807) is 36.4 Å². The molecular weight excluding hydrogens is 380 g/mol. The van der Waals surface area contributed by atoms with Crippen LogP contribution in [0, 0.1) is 13.8 Å². The van der Waals surface area contributed by atoms with Gasteiger partial charge in [0, 0.05) is 6.26 Å². The molecule has 132 valence electrons. The Morgan fingerprint density at radius 1 is 0.960 bits per heavy atom. The number of thiazole rings is 1. The lowest BCUT2D eigenvalue weighted by Crippen LogP contribution is -2.13. The number of rotatable bonds is 4. The summed E-state index contributed by atoms with van der Waals surface area (Å²) in [6.07, 6.45) is 1.09. The second-order valence-corrected chi connectivity index (χ2v) is 10.7. The van der Waals surface area contributed by atoms with Gasteiger partial charge in [0.05, 0.1) is 20.8 Å². The second kappa shape index (κ2) is 6.08. The topological polar surface area (TPSA) is 93.2 Å². The number of anilines is 1. The van der Waals surface area contributed by atoms with Crippen molar-refractivity contribution < 1.29 is 16.8 Å². The highest BCUT2D eigenvalue weighted by Gasteiger charge is 2.17. The maximum atomic E-state index is 12.5. The molecule has 3 aromatic rings. The summed E-state index contributed by atoms with van der Waals surface area (Å²) in [6.45, 7) is 3.76. The van der Waals surface area contributed by atoms with E-state index in [0.29, 0.717) is 15.9 Å². The molecule has 3 rings (SSSR count). The van der Waals surface area contributed by atoms with Crippen LogP contribution in [0.4, 0.5) is 5.69 Å². The predicted octanol–water partition coefficient (Wildman–Crippen LogP) is 3.12. The monoisotopic (exact) mass is 396 g/mol. The smallest absolute Gasteiger partial charge is 0.261 e. The number of sulfone groups is 1. The summed E-state index contributed by atoms with van der Waals surface area (Å²) in [4.78, 5) is 4.23. The summed E-state index contributed by atoms with van der Waals surface area (Å²) < 4.78 is 51.4. The normalized spacial score (nSPS) is 12.4. The third-order valence-electron chi connectivity index (χ3n) is 3.73. The Morgan fingerprint density at radius 3 is 2.32 bits per heavy atom. The van der Waals surface area contributed by atoms with Crippen molar-refractivity contribution in [3.63, 3.8) is 0 Å². The standard InChI is InChI=1S/C16H16N2O4S3/c1-10-4-6-13(8-11(10)2)25(21,22)18-12-5-7-14-15(9-12)23-16(17-14)24(3,19)20/h4-9,18H,1-3H3. The van der Waals surface area contributed by atoms with E-state index in [1.807, 2.05) is 13.8 Å². The van der Waals surface area contributed by atoms with Crippen molar-refractivity contribution in [1.82, 2.24) is 4.98 Å². The molecule has 1 aromatic heterocycles. The van der Waals surface area contributed by atoms with Crippen molar-refractivity contribution in [2.45, 2.75) is 23.1 Å². The molecule has 0 aliphatic carbocycles. The number of hydrogen-bond acceptors (Lipinski definition) is 6. The third kappa shape index (κ3) is 3.68. The first-order chi connectivity index (χ1) is 11.6. The van der Waals surface area contributed by atoms with Crippen LogP contribution < -0.4 is 4.72 Å². The molecule has 0 bridgehead atoms. The van der Waals surface area contributed by atoms with Gasteiger partial charge < -0.3 is 0 Å². The number of aromatic nitrogens is 1. The van der Waals surface area contributed by atoms with Crippen LogP contribution in [0.2, 0.25) is 0 Å². The molecule has 1 N–H and O–H groups in total. The zero-order valence-corrected chi connectivity index (χ0v) is 16.2. The Bertz CT molecular complexity index is 1180. The van der Waals surface area contributed by atoms with E-state index in [2.05, 4.69) is 9.71 Å². The van der Waals surface area contributed by atoms with Crippen LogP contribution in [-0.2, 0) is 19.9 Å². The fourth-order valence-electron chi connectivity index (χ4n) is 2.22. The Labute approximate surface area is 150 Å². The Hall–Kier alpha value is -1.97. The number of nitrogens with one attached hydrogen (secondary N) is 1. The summed E-state index contributed by atoms with van der Waals surface area (Å²) >= 11 is 1.01. The molecule has 0 fully saturated rings. The highest BCUT2D eigenvalue weighted by Crippen LogP contribution is 2.29. The minimum Gasteiger partial charge on any atom is -0.280 e. The van der Waals surface area contributed by atoms with Gasteiger partial charge in [0.2, 0.25) is 14.2 Å². The van der Waals surface area contributed by atoms with Crippen LogP contribution in [0.5, 0.6) is 0 Å². The van der Waals surface area contributed by atoms with Gasteiger partial charge in [0.1, 0.15) is 0 Å². The van der Waals surface area contributed by atoms with Gasteiger partial charge in [0.15, 0.2) is 0 Å². The maximum Gasteiger partial charge on any atom is 0.261 e. The molecule has 0 aliphatic rings. The first-order valence-electron chi connectivity index (χ1n) is 7.27.